The summed E-state index contributed by atoms with van der Waals surface area (Å²) >= 11 is 0. The standard InChI is InChI=1S/C14H22N2O2/c1-3-11-12(17)16(8-9-4-5-9)14(2,10-6-7-10)13(18)15-11/h9-11H,3-8H2,1-2H3,(H,15,18). The number of piperazine rings is 1. The molecule has 0 aromatic rings. The van der Waals surface area contributed by atoms with Crippen LogP contribution in [0.15, 0.2) is 0 Å². The molecule has 1 N–H and O–H groups in total. The Labute approximate surface area is 108 Å². The Balaban J connectivity index is 1.88. The van der Waals surface area contributed by atoms with E-state index in [9.17, 15) is 9.59 Å². The van der Waals surface area contributed by atoms with Gasteiger partial charge in [-0.25, -0.2) is 0 Å². The van der Waals surface area contributed by atoms with E-state index >= 15 is 0 Å². The van der Waals surface area contributed by atoms with Crippen molar-refractivity contribution in [2.75, 3.05) is 6.54 Å². The van der Waals surface area contributed by atoms with Gasteiger partial charge in [-0.2, -0.15) is 0 Å². The van der Waals surface area contributed by atoms with E-state index < -0.39 is 5.54 Å². The van der Waals surface area contributed by atoms with Gasteiger partial charge in [-0.1, -0.05) is 6.92 Å². The first-order chi connectivity index (χ1) is 8.57. The minimum Gasteiger partial charge on any atom is -0.342 e. The van der Waals surface area contributed by atoms with Crippen molar-refractivity contribution in [1.29, 1.82) is 0 Å². The van der Waals surface area contributed by atoms with Crippen LogP contribution in [0.4, 0.5) is 0 Å². The fraction of sp³-hybridized carbons (Fsp3) is 0.857. The normalized spacial score (nSPS) is 36.8. The molecule has 4 nitrogen and oxygen atoms in total. The van der Waals surface area contributed by atoms with Crippen LogP contribution < -0.4 is 5.32 Å². The Morgan fingerprint density at radius 1 is 1.28 bits per heavy atom. The number of hydrogen-bond acceptors (Lipinski definition) is 2. The van der Waals surface area contributed by atoms with Crippen LogP contribution in [0.2, 0.25) is 0 Å². The van der Waals surface area contributed by atoms with Gasteiger partial charge in [-0.05, 0) is 50.9 Å². The maximum atomic E-state index is 12.5. The molecule has 1 heterocycles. The predicted octanol–water partition coefficient (Wildman–Crippen LogP) is 1.30. The van der Waals surface area contributed by atoms with Gasteiger partial charge in [0.05, 0.1) is 0 Å². The molecule has 3 fully saturated rings. The zero-order valence-electron chi connectivity index (χ0n) is 11.2. The molecule has 1 saturated heterocycles. The molecule has 2 aliphatic carbocycles. The van der Waals surface area contributed by atoms with Crippen LogP contribution in [0.1, 0.15) is 46.0 Å². The molecule has 3 rings (SSSR count). The molecule has 18 heavy (non-hydrogen) atoms. The number of carbonyl (C=O) groups excluding carboxylic acids is 2. The second-order valence-electron chi connectivity index (χ2n) is 6.25. The number of nitrogens with one attached hydrogen (secondary N) is 1. The van der Waals surface area contributed by atoms with E-state index in [4.69, 9.17) is 0 Å². The maximum Gasteiger partial charge on any atom is 0.246 e. The summed E-state index contributed by atoms with van der Waals surface area (Å²) in [5.41, 5.74) is -0.578. The van der Waals surface area contributed by atoms with Crippen LogP contribution in [0.25, 0.3) is 0 Å². The van der Waals surface area contributed by atoms with Crippen LogP contribution in [0.3, 0.4) is 0 Å². The number of rotatable bonds is 4. The number of hydrogen-bond donors (Lipinski definition) is 1. The molecular formula is C14H22N2O2. The Bertz CT molecular complexity index is 387. The third-order valence-corrected chi connectivity index (χ3v) is 4.81. The minimum absolute atomic E-state index is 0.0668. The van der Waals surface area contributed by atoms with Gasteiger partial charge in [-0.3, -0.25) is 9.59 Å². The van der Waals surface area contributed by atoms with Crippen LogP contribution >= 0.6 is 0 Å². The van der Waals surface area contributed by atoms with Crippen molar-refractivity contribution in [3.8, 4) is 0 Å². The summed E-state index contributed by atoms with van der Waals surface area (Å²) in [6, 6.07) is -0.303. The van der Waals surface area contributed by atoms with E-state index in [1.165, 1.54) is 12.8 Å². The van der Waals surface area contributed by atoms with Gasteiger partial charge in [0.25, 0.3) is 0 Å². The highest BCUT2D eigenvalue weighted by molar-refractivity contribution is 6.00. The first kappa shape index (κ1) is 12.0. The topological polar surface area (TPSA) is 49.4 Å². The molecule has 2 amide bonds. The molecule has 2 unspecified atom stereocenters. The van der Waals surface area contributed by atoms with Crippen molar-refractivity contribution in [3.05, 3.63) is 0 Å². The molecule has 0 radical (unpaired) electrons. The Hall–Kier alpha value is -1.06. The molecule has 0 spiro atoms. The quantitative estimate of drug-likeness (QED) is 0.817. The third kappa shape index (κ3) is 1.73. The van der Waals surface area contributed by atoms with Gasteiger partial charge in [0.15, 0.2) is 0 Å². The summed E-state index contributed by atoms with van der Waals surface area (Å²) in [5.74, 6) is 1.21. The zero-order chi connectivity index (χ0) is 12.9. The van der Waals surface area contributed by atoms with E-state index in [0.29, 0.717) is 18.3 Å². The van der Waals surface area contributed by atoms with E-state index in [0.717, 1.165) is 19.4 Å². The van der Waals surface area contributed by atoms with Gasteiger partial charge < -0.3 is 10.2 Å². The first-order valence-electron chi connectivity index (χ1n) is 7.19. The summed E-state index contributed by atoms with van der Waals surface area (Å²) < 4.78 is 0. The molecule has 0 aromatic carbocycles. The molecule has 0 bridgehead atoms. The molecule has 2 atom stereocenters. The predicted molar refractivity (Wildman–Crippen MR) is 67.8 cm³/mol. The Morgan fingerprint density at radius 2 is 1.94 bits per heavy atom. The first-order valence-corrected chi connectivity index (χ1v) is 7.19. The molecule has 1 aliphatic heterocycles. The summed E-state index contributed by atoms with van der Waals surface area (Å²) in [7, 11) is 0. The van der Waals surface area contributed by atoms with Gasteiger partial charge >= 0.3 is 0 Å². The minimum atomic E-state index is -0.578. The molecule has 4 heteroatoms. The van der Waals surface area contributed by atoms with E-state index in [2.05, 4.69) is 5.32 Å². The average Bonchev–Trinajstić information content (AvgIpc) is 3.21. The molecule has 100 valence electrons. The van der Waals surface area contributed by atoms with Gasteiger partial charge in [0.1, 0.15) is 11.6 Å². The van der Waals surface area contributed by atoms with Crippen LogP contribution in [-0.2, 0) is 9.59 Å². The summed E-state index contributed by atoms with van der Waals surface area (Å²) in [4.78, 5) is 26.9. The Morgan fingerprint density at radius 3 is 2.44 bits per heavy atom. The summed E-state index contributed by atoms with van der Waals surface area (Å²) in [6.45, 7) is 4.71. The Kier molecular flexibility index (Phi) is 2.65. The lowest BCUT2D eigenvalue weighted by molar-refractivity contribution is -0.158. The van der Waals surface area contributed by atoms with Crippen LogP contribution in [0.5, 0.6) is 0 Å². The third-order valence-electron chi connectivity index (χ3n) is 4.81. The summed E-state index contributed by atoms with van der Waals surface area (Å²) in [5, 5.41) is 2.92. The number of nitrogens with zero attached hydrogens (tertiary/aromatic N) is 1. The molecule has 2 saturated carbocycles. The number of amides is 2. The van der Waals surface area contributed by atoms with Crippen molar-refractivity contribution in [1.82, 2.24) is 10.2 Å². The lowest BCUT2D eigenvalue weighted by atomic mass is 9.87. The monoisotopic (exact) mass is 250 g/mol. The van der Waals surface area contributed by atoms with Crippen molar-refractivity contribution in [2.45, 2.75) is 57.5 Å². The largest absolute Gasteiger partial charge is 0.342 e. The fourth-order valence-corrected chi connectivity index (χ4v) is 3.07. The van der Waals surface area contributed by atoms with E-state index in [-0.39, 0.29) is 17.9 Å². The second-order valence-corrected chi connectivity index (χ2v) is 6.25. The molecular weight excluding hydrogens is 228 g/mol. The smallest absolute Gasteiger partial charge is 0.246 e. The number of carbonyl (C=O) groups is 2. The SMILES string of the molecule is CCC1NC(=O)C(C)(C2CC2)N(CC2CC2)C1=O. The van der Waals surface area contributed by atoms with Crippen molar-refractivity contribution in [2.24, 2.45) is 11.8 Å². The average molecular weight is 250 g/mol. The van der Waals surface area contributed by atoms with Crippen molar-refractivity contribution in [3.63, 3.8) is 0 Å². The van der Waals surface area contributed by atoms with Crippen molar-refractivity contribution >= 4 is 11.8 Å². The second kappa shape index (κ2) is 3.97. The van der Waals surface area contributed by atoms with Crippen molar-refractivity contribution < 1.29 is 9.59 Å². The van der Waals surface area contributed by atoms with Gasteiger partial charge in [-0.15, -0.1) is 0 Å². The zero-order valence-corrected chi connectivity index (χ0v) is 11.2. The van der Waals surface area contributed by atoms with Crippen LogP contribution in [0, 0.1) is 11.8 Å². The highest BCUT2D eigenvalue weighted by Crippen LogP contribution is 2.46. The summed E-state index contributed by atoms with van der Waals surface area (Å²) in [6.07, 6.45) is 5.27. The highest BCUT2D eigenvalue weighted by Gasteiger charge is 2.57. The highest BCUT2D eigenvalue weighted by atomic mass is 16.2. The van der Waals surface area contributed by atoms with E-state index in [1.807, 2.05) is 18.7 Å². The lowest BCUT2D eigenvalue weighted by Crippen LogP contribution is -2.70. The molecule has 0 aromatic heterocycles. The van der Waals surface area contributed by atoms with E-state index in [1.54, 1.807) is 0 Å². The maximum absolute atomic E-state index is 12.5. The fourth-order valence-electron chi connectivity index (χ4n) is 3.07. The lowest BCUT2D eigenvalue weighted by Gasteiger charge is -2.46. The van der Waals surface area contributed by atoms with Gasteiger partial charge in [0, 0.05) is 6.54 Å². The molecule has 3 aliphatic rings. The van der Waals surface area contributed by atoms with Gasteiger partial charge in [0.2, 0.25) is 11.8 Å². The van der Waals surface area contributed by atoms with Crippen LogP contribution in [-0.4, -0.2) is 34.8 Å².